The van der Waals surface area contributed by atoms with Crippen molar-refractivity contribution in [2.75, 3.05) is 0 Å². The second-order valence-electron chi connectivity index (χ2n) is 4.41. The van der Waals surface area contributed by atoms with Crippen LogP contribution in [0.3, 0.4) is 0 Å². The summed E-state index contributed by atoms with van der Waals surface area (Å²) in [5.74, 6) is 0.924. The molecule has 0 aromatic heterocycles. The zero-order valence-electron chi connectivity index (χ0n) is 10.8. The maximum Gasteiger partial charge on any atom is 0.125 e. The monoisotopic (exact) mass is 301 g/mol. The molecular formula is C17H14ClOS. The van der Waals surface area contributed by atoms with Gasteiger partial charge in [-0.15, -0.1) is 0 Å². The third kappa shape index (κ3) is 3.27. The van der Waals surface area contributed by atoms with Crippen molar-refractivity contribution in [1.82, 2.24) is 0 Å². The Labute approximate surface area is 126 Å². The molecule has 1 unspecified atom stereocenters. The molecule has 1 aliphatic rings. The molecule has 0 fully saturated rings. The lowest BCUT2D eigenvalue weighted by Gasteiger charge is -2.10. The van der Waals surface area contributed by atoms with Crippen LogP contribution in [0.25, 0.3) is 0 Å². The Morgan fingerprint density at radius 1 is 1.05 bits per heavy atom. The van der Waals surface area contributed by atoms with Crippen molar-refractivity contribution >= 4 is 22.5 Å². The maximum absolute atomic E-state index is 5.98. The molecule has 3 heteroatoms. The minimum absolute atomic E-state index is 0.484. The van der Waals surface area contributed by atoms with Gasteiger partial charge in [-0.1, -0.05) is 48.0 Å². The minimum Gasteiger partial charge on any atom is -0.488 e. The number of hydrogen-bond acceptors (Lipinski definition) is 1. The van der Waals surface area contributed by atoms with Crippen LogP contribution in [-0.2, 0) is 11.3 Å². The predicted octanol–water partition coefficient (Wildman–Crippen LogP) is 5.09. The van der Waals surface area contributed by atoms with Crippen LogP contribution >= 0.6 is 22.5 Å². The van der Waals surface area contributed by atoms with E-state index < -0.39 is 10.9 Å². The van der Waals surface area contributed by atoms with Crippen molar-refractivity contribution in [2.45, 2.75) is 11.5 Å². The zero-order chi connectivity index (χ0) is 13.8. The second kappa shape index (κ2) is 6.21. The van der Waals surface area contributed by atoms with Gasteiger partial charge in [0.25, 0.3) is 0 Å². The Hall–Kier alpha value is -1.64. The molecule has 20 heavy (non-hydrogen) atoms. The molecule has 1 heterocycles. The standard InChI is InChI=1S/C17H14ClOS/c18-15-7-4-8-17(11-15)20-10-9-16(13-20)19-12-14-5-2-1-3-6-14/h1-10,13,20H,12H2. The quantitative estimate of drug-likeness (QED) is 0.774. The number of rotatable bonds is 4. The summed E-state index contributed by atoms with van der Waals surface area (Å²) >= 11 is 5.98. The number of ether oxygens (including phenoxy) is 1. The van der Waals surface area contributed by atoms with E-state index in [4.69, 9.17) is 16.3 Å². The van der Waals surface area contributed by atoms with E-state index in [9.17, 15) is 0 Å². The first-order valence-electron chi connectivity index (χ1n) is 6.34. The zero-order valence-corrected chi connectivity index (χ0v) is 12.4. The van der Waals surface area contributed by atoms with Gasteiger partial charge in [0.05, 0.1) is 0 Å². The Balaban J connectivity index is 1.65. The van der Waals surface area contributed by atoms with Crippen molar-refractivity contribution in [3.05, 3.63) is 87.8 Å². The van der Waals surface area contributed by atoms with Gasteiger partial charge in [0.15, 0.2) is 0 Å². The van der Waals surface area contributed by atoms with E-state index in [0.29, 0.717) is 11.6 Å². The molecule has 0 amide bonds. The number of thiol groups is 1. The van der Waals surface area contributed by atoms with Gasteiger partial charge < -0.3 is 4.74 Å². The second-order valence-corrected chi connectivity index (χ2v) is 6.67. The number of halogens is 1. The van der Waals surface area contributed by atoms with Crippen molar-refractivity contribution in [3.8, 4) is 0 Å². The topological polar surface area (TPSA) is 9.23 Å². The van der Waals surface area contributed by atoms with E-state index in [0.717, 1.165) is 10.7 Å². The number of benzene rings is 2. The third-order valence-electron chi connectivity index (χ3n) is 2.94. The van der Waals surface area contributed by atoms with Crippen LogP contribution in [-0.4, -0.2) is 0 Å². The highest BCUT2D eigenvalue weighted by Crippen LogP contribution is 2.44. The Morgan fingerprint density at radius 2 is 1.90 bits per heavy atom. The van der Waals surface area contributed by atoms with Crippen molar-refractivity contribution in [2.24, 2.45) is 0 Å². The van der Waals surface area contributed by atoms with Gasteiger partial charge in [-0.3, -0.25) is 0 Å². The molecule has 1 atom stereocenters. The molecule has 0 N–H and O–H groups in total. The lowest BCUT2D eigenvalue weighted by Crippen LogP contribution is -1.89. The van der Waals surface area contributed by atoms with Crippen LogP contribution in [0.5, 0.6) is 0 Å². The summed E-state index contributed by atoms with van der Waals surface area (Å²) in [5, 5.41) is 4.98. The third-order valence-corrected chi connectivity index (χ3v) is 4.98. The highest BCUT2D eigenvalue weighted by atomic mass is 35.5. The van der Waals surface area contributed by atoms with Crippen LogP contribution < -0.4 is 0 Å². The summed E-state index contributed by atoms with van der Waals surface area (Å²) in [5.41, 5.74) is 1.17. The largest absolute Gasteiger partial charge is 0.488 e. The van der Waals surface area contributed by atoms with Gasteiger partial charge in [0.1, 0.15) is 12.4 Å². The highest BCUT2D eigenvalue weighted by molar-refractivity contribution is 8.22. The first kappa shape index (κ1) is 13.3. The van der Waals surface area contributed by atoms with Gasteiger partial charge in [-0.05, 0) is 29.2 Å². The van der Waals surface area contributed by atoms with E-state index in [1.807, 2.05) is 36.4 Å². The van der Waals surface area contributed by atoms with Gasteiger partial charge >= 0.3 is 0 Å². The van der Waals surface area contributed by atoms with Crippen LogP contribution in [0.1, 0.15) is 5.56 Å². The molecule has 2 aromatic rings. The molecule has 0 aliphatic carbocycles. The molecule has 0 saturated heterocycles. The molecule has 0 bridgehead atoms. The fraction of sp³-hybridized carbons (Fsp3) is 0.0588. The van der Waals surface area contributed by atoms with Crippen LogP contribution in [0.4, 0.5) is 0 Å². The number of hydrogen-bond donors (Lipinski definition) is 1. The molecule has 0 saturated carbocycles. The van der Waals surface area contributed by atoms with Crippen molar-refractivity contribution < 1.29 is 4.74 Å². The van der Waals surface area contributed by atoms with Gasteiger partial charge in [0.2, 0.25) is 0 Å². The summed E-state index contributed by atoms with van der Waals surface area (Å²) in [7, 11) is -0.484. The summed E-state index contributed by atoms with van der Waals surface area (Å²) < 4.78 is 5.81. The Kier molecular flexibility index (Phi) is 4.14. The van der Waals surface area contributed by atoms with E-state index >= 15 is 0 Å². The van der Waals surface area contributed by atoms with Crippen LogP contribution in [0.15, 0.2) is 76.1 Å². The smallest absolute Gasteiger partial charge is 0.125 e. The van der Waals surface area contributed by atoms with E-state index in [1.165, 1.54) is 5.56 Å². The van der Waals surface area contributed by atoms with E-state index in [2.05, 4.69) is 35.1 Å². The Morgan fingerprint density at radius 3 is 2.70 bits per heavy atom. The lowest BCUT2D eigenvalue weighted by atomic mass is 10.2. The van der Waals surface area contributed by atoms with Crippen molar-refractivity contribution in [3.63, 3.8) is 0 Å². The molecule has 1 aliphatic heterocycles. The fourth-order valence-electron chi connectivity index (χ4n) is 1.93. The number of allylic oxidation sites excluding steroid dienone is 1. The molecule has 2 aromatic carbocycles. The summed E-state index contributed by atoms with van der Waals surface area (Å²) in [6.45, 7) is 0.597. The normalized spacial score (nSPS) is 18.9. The van der Waals surface area contributed by atoms with Gasteiger partial charge in [0, 0.05) is 21.4 Å². The average Bonchev–Trinajstić information content (AvgIpc) is 2.95. The molecule has 1 radical (unpaired) electrons. The minimum atomic E-state index is -0.484. The van der Waals surface area contributed by atoms with Gasteiger partial charge in [-0.25, -0.2) is 0 Å². The maximum atomic E-state index is 5.98. The molecule has 101 valence electrons. The Bertz CT molecular complexity index is 649. The van der Waals surface area contributed by atoms with Crippen LogP contribution in [0.2, 0.25) is 5.02 Å². The predicted molar refractivity (Wildman–Crippen MR) is 86.0 cm³/mol. The molecule has 1 nitrogen and oxygen atoms in total. The summed E-state index contributed by atoms with van der Waals surface area (Å²) in [6, 6.07) is 19.2. The van der Waals surface area contributed by atoms with Gasteiger partial charge in [-0.2, -0.15) is 10.9 Å². The van der Waals surface area contributed by atoms with Crippen LogP contribution in [0, 0.1) is 6.07 Å². The SMILES string of the molecule is Clc1[c]c([SH]2C=CC(OCc3ccccc3)=C2)ccc1. The fourth-order valence-corrected chi connectivity index (χ4v) is 3.81. The average molecular weight is 302 g/mol. The van der Waals surface area contributed by atoms with E-state index in [1.54, 1.807) is 0 Å². The summed E-state index contributed by atoms with van der Waals surface area (Å²) in [4.78, 5) is 1.13. The molecule has 3 rings (SSSR count). The van der Waals surface area contributed by atoms with E-state index in [-0.39, 0.29) is 0 Å². The first-order valence-corrected chi connectivity index (χ1v) is 8.20. The first-order chi connectivity index (χ1) is 9.81. The van der Waals surface area contributed by atoms with Crippen molar-refractivity contribution in [1.29, 1.82) is 0 Å². The molecular weight excluding hydrogens is 288 g/mol. The summed E-state index contributed by atoms with van der Waals surface area (Å²) in [6.07, 6.45) is 2.03. The lowest BCUT2D eigenvalue weighted by molar-refractivity contribution is 0.212. The molecule has 0 spiro atoms. The highest BCUT2D eigenvalue weighted by Gasteiger charge is 2.10.